The maximum absolute atomic E-state index is 14.7. The second kappa shape index (κ2) is 13.3. The first-order valence-corrected chi connectivity index (χ1v) is 15.7. The van der Waals surface area contributed by atoms with Gasteiger partial charge >= 0.3 is 6.09 Å². The Morgan fingerprint density at radius 2 is 1.80 bits per heavy atom. The number of alkyl carbamates (subject to hydrolysis) is 1. The van der Waals surface area contributed by atoms with Crippen LogP contribution in [-0.2, 0) is 32.0 Å². The summed E-state index contributed by atoms with van der Waals surface area (Å²) in [6.45, 7) is 8.53. The highest BCUT2D eigenvalue weighted by molar-refractivity contribution is 9.10. The van der Waals surface area contributed by atoms with Crippen LogP contribution in [-0.4, -0.2) is 76.8 Å². The molecule has 2 aromatic rings. The molecule has 2 heterocycles. The SMILES string of the molecule is CN1N=C2CCN(C(=O)C(CCc3ccc(Br)cc3F)NC(=O)C(C)(C)NC(=O)OC(C)(C)C)C[C@@]2(Cc2ccccc2)C1=O. The Hall–Kier alpha value is -3.80. The van der Waals surface area contributed by atoms with Gasteiger partial charge in [-0.25, -0.2) is 14.2 Å². The van der Waals surface area contributed by atoms with E-state index in [1.165, 1.54) is 24.9 Å². The van der Waals surface area contributed by atoms with Crippen molar-refractivity contribution in [1.29, 1.82) is 0 Å². The Balaban J connectivity index is 1.59. The first kappa shape index (κ1) is 34.1. The molecule has 1 saturated heterocycles. The standard InChI is InChI=1S/C33H41BrFN5O5/c1-31(2,3)45-30(44)37-32(4,5)28(42)36-25(15-13-22-12-14-23(34)18-24(22)35)27(41)40-17-16-26-33(20-40,29(43)39(6)38-26)19-21-10-8-7-9-11-21/h7-12,14,18,25H,13,15-17,19-20H2,1-6H3,(H,36,42)(H,37,44)/t25?,33-/m1/s1. The number of hydrogen-bond acceptors (Lipinski definition) is 6. The second-order valence-corrected chi connectivity index (χ2v) is 14.1. The lowest BCUT2D eigenvalue weighted by atomic mass is 9.73. The molecule has 0 saturated carbocycles. The number of ether oxygens (including phenoxy) is 1. The van der Waals surface area contributed by atoms with Crippen LogP contribution in [0.1, 0.15) is 58.6 Å². The average Bonchev–Trinajstić information content (AvgIpc) is 3.19. The van der Waals surface area contributed by atoms with Crippen LogP contribution in [0, 0.1) is 11.2 Å². The number of carbonyl (C=O) groups excluding carboxylic acids is 4. The number of likely N-dealkylation sites (tertiary alicyclic amines) is 1. The maximum atomic E-state index is 14.7. The lowest BCUT2D eigenvalue weighted by Crippen LogP contribution is -2.62. The molecule has 0 aromatic heterocycles. The fraction of sp³-hybridized carbons (Fsp3) is 0.485. The van der Waals surface area contributed by atoms with E-state index in [9.17, 15) is 23.6 Å². The van der Waals surface area contributed by atoms with E-state index < -0.39 is 46.3 Å². The molecule has 2 N–H and O–H groups in total. The van der Waals surface area contributed by atoms with Crippen LogP contribution in [0.15, 0.2) is 58.1 Å². The molecule has 10 nitrogen and oxygen atoms in total. The third kappa shape index (κ3) is 8.08. The van der Waals surface area contributed by atoms with Gasteiger partial charge in [-0.15, -0.1) is 0 Å². The molecule has 45 heavy (non-hydrogen) atoms. The van der Waals surface area contributed by atoms with Crippen LogP contribution in [0.4, 0.5) is 9.18 Å². The van der Waals surface area contributed by atoms with Gasteiger partial charge in [-0.2, -0.15) is 5.10 Å². The lowest BCUT2D eigenvalue weighted by Gasteiger charge is -2.41. The van der Waals surface area contributed by atoms with Gasteiger partial charge < -0.3 is 20.3 Å². The molecule has 0 bridgehead atoms. The van der Waals surface area contributed by atoms with Crippen molar-refractivity contribution in [3.63, 3.8) is 0 Å². The number of carbonyl (C=O) groups is 4. The van der Waals surface area contributed by atoms with Crippen LogP contribution in [0.5, 0.6) is 0 Å². The summed E-state index contributed by atoms with van der Waals surface area (Å²) in [5.74, 6) is -1.64. The molecular weight excluding hydrogens is 645 g/mol. The first-order valence-electron chi connectivity index (χ1n) is 15.0. The van der Waals surface area contributed by atoms with E-state index in [4.69, 9.17) is 4.74 Å². The van der Waals surface area contributed by atoms with E-state index in [1.54, 1.807) is 44.9 Å². The molecule has 4 amide bonds. The van der Waals surface area contributed by atoms with Crippen LogP contribution in [0.3, 0.4) is 0 Å². The molecule has 2 aliphatic heterocycles. The minimum atomic E-state index is -1.44. The van der Waals surface area contributed by atoms with Gasteiger partial charge in [0, 0.05) is 31.0 Å². The molecule has 0 aliphatic carbocycles. The highest BCUT2D eigenvalue weighted by Gasteiger charge is 2.54. The van der Waals surface area contributed by atoms with Gasteiger partial charge in [0.2, 0.25) is 11.8 Å². The number of rotatable bonds is 9. The number of aryl methyl sites for hydroxylation is 1. The van der Waals surface area contributed by atoms with Gasteiger partial charge in [-0.1, -0.05) is 52.3 Å². The van der Waals surface area contributed by atoms with Gasteiger partial charge in [0.15, 0.2) is 0 Å². The summed E-state index contributed by atoms with van der Waals surface area (Å²) in [4.78, 5) is 55.5. The van der Waals surface area contributed by atoms with Crippen molar-refractivity contribution in [1.82, 2.24) is 20.5 Å². The quantitative estimate of drug-likeness (QED) is 0.400. The average molecular weight is 687 g/mol. The largest absolute Gasteiger partial charge is 0.444 e. The molecule has 4 rings (SSSR count). The topological polar surface area (TPSA) is 120 Å². The van der Waals surface area contributed by atoms with Crippen LogP contribution in [0.25, 0.3) is 0 Å². The highest BCUT2D eigenvalue weighted by Crippen LogP contribution is 2.38. The van der Waals surface area contributed by atoms with E-state index in [2.05, 4.69) is 31.7 Å². The summed E-state index contributed by atoms with van der Waals surface area (Å²) in [6.07, 6.45) is 0.225. The Bertz CT molecular complexity index is 1490. The summed E-state index contributed by atoms with van der Waals surface area (Å²) in [5.41, 5.74) is -1.20. The van der Waals surface area contributed by atoms with Crippen molar-refractivity contribution in [2.45, 2.75) is 77.5 Å². The number of fused-ring (bicyclic) bond motifs is 1. The predicted octanol–water partition coefficient (Wildman–Crippen LogP) is 4.60. The molecule has 1 fully saturated rings. The number of amides is 4. The van der Waals surface area contributed by atoms with Gasteiger partial charge in [0.1, 0.15) is 28.4 Å². The van der Waals surface area contributed by atoms with Crippen molar-refractivity contribution < 1.29 is 28.3 Å². The van der Waals surface area contributed by atoms with Crippen LogP contribution in [0.2, 0.25) is 0 Å². The summed E-state index contributed by atoms with van der Waals surface area (Å²) in [7, 11) is 1.61. The van der Waals surface area contributed by atoms with Crippen molar-refractivity contribution >= 4 is 45.5 Å². The Labute approximate surface area is 271 Å². The summed E-state index contributed by atoms with van der Waals surface area (Å²) in [6, 6.07) is 13.2. The van der Waals surface area contributed by atoms with E-state index >= 15 is 0 Å². The van der Waals surface area contributed by atoms with Crippen molar-refractivity contribution in [3.8, 4) is 0 Å². The number of nitrogens with zero attached hydrogens (tertiary/aromatic N) is 3. The fourth-order valence-corrected chi connectivity index (χ4v) is 6.00. The third-order valence-corrected chi connectivity index (χ3v) is 8.46. The third-order valence-electron chi connectivity index (χ3n) is 7.97. The van der Waals surface area contributed by atoms with Gasteiger partial charge in [0.25, 0.3) is 5.91 Å². The van der Waals surface area contributed by atoms with Crippen molar-refractivity contribution in [3.05, 3.63) is 69.9 Å². The van der Waals surface area contributed by atoms with E-state index in [0.29, 0.717) is 29.4 Å². The zero-order chi connectivity index (χ0) is 33.2. The summed E-state index contributed by atoms with van der Waals surface area (Å²) >= 11 is 3.26. The van der Waals surface area contributed by atoms with E-state index in [1.807, 2.05) is 30.3 Å². The Morgan fingerprint density at radius 3 is 2.44 bits per heavy atom. The van der Waals surface area contributed by atoms with Crippen LogP contribution >= 0.6 is 15.9 Å². The molecule has 2 atom stereocenters. The first-order chi connectivity index (χ1) is 21.0. The van der Waals surface area contributed by atoms with Crippen molar-refractivity contribution in [2.24, 2.45) is 10.5 Å². The zero-order valence-electron chi connectivity index (χ0n) is 26.6. The Kier molecular flexibility index (Phi) is 10.1. The molecule has 242 valence electrons. The summed E-state index contributed by atoms with van der Waals surface area (Å²) < 4.78 is 20.6. The summed E-state index contributed by atoms with van der Waals surface area (Å²) in [5, 5.41) is 11.2. The fourth-order valence-electron chi connectivity index (χ4n) is 5.67. The predicted molar refractivity (Wildman–Crippen MR) is 172 cm³/mol. The number of hydrazone groups is 1. The minimum absolute atomic E-state index is 0.0846. The van der Waals surface area contributed by atoms with E-state index in [-0.39, 0.29) is 25.3 Å². The normalized spacial score (nSPS) is 19.0. The lowest BCUT2D eigenvalue weighted by molar-refractivity contribution is -0.142. The number of benzene rings is 2. The number of piperidine rings is 1. The number of halogens is 2. The minimum Gasteiger partial charge on any atom is -0.444 e. The van der Waals surface area contributed by atoms with Gasteiger partial charge in [0.05, 0.1) is 5.71 Å². The molecule has 12 heteroatoms. The Morgan fingerprint density at radius 1 is 1.11 bits per heavy atom. The molecule has 2 aromatic carbocycles. The molecule has 0 spiro atoms. The van der Waals surface area contributed by atoms with Crippen molar-refractivity contribution in [2.75, 3.05) is 20.1 Å². The second-order valence-electron chi connectivity index (χ2n) is 13.2. The van der Waals surface area contributed by atoms with Gasteiger partial charge in [-0.3, -0.25) is 14.4 Å². The molecule has 2 aliphatic rings. The number of nitrogens with one attached hydrogen (secondary N) is 2. The van der Waals surface area contributed by atoms with Crippen LogP contribution < -0.4 is 10.6 Å². The highest BCUT2D eigenvalue weighted by atomic mass is 79.9. The molecule has 0 radical (unpaired) electrons. The van der Waals surface area contributed by atoms with E-state index in [0.717, 1.165) is 11.3 Å². The smallest absolute Gasteiger partial charge is 0.408 e. The maximum Gasteiger partial charge on any atom is 0.408 e. The zero-order valence-corrected chi connectivity index (χ0v) is 28.2. The number of hydrogen-bond donors (Lipinski definition) is 2. The van der Waals surface area contributed by atoms with Gasteiger partial charge in [-0.05, 0) is 77.1 Å². The monoisotopic (exact) mass is 685 g/mol. The molecular formula is C33H41BrFN5O5. The molecule has 1 unspecified atom stereocenters.